The Morgan fingerprint density at radius 2 is 2.29 bits per heavy atom. The smallest absolute Gasteiger partial charge is 0.271 e. The zero-order valence-electron chi connectivity index (χ0n) is 3.16. The number of rotatable bonds is 2. The Morgan fingerprint density at radius 1 is 1.86 bits per heavy atom. The highest BCUT2D eigenvalue weighted by molar-refractivity contribution is 7.90. The van der Waals surface area contributed by atoms with Crippen molar-refractivity contribution in [2.75, 3.05) is 0 Å². The molecule has 0 spiro atoms. The molecule has 6 nitrogen and oxygen atoms in total. The highest BCUT2D eigenvalue weighted by atomic mass is 32.3. The van der Waals surface area contributed by atoms with Crippen LogP contribution in [0.3, 0.4) is 0 Å². The molecule has 0 aromatic rings. The first kappa shape index (κ1) is 6.95. The van der Waals surface area contributed by atoms with Crippen LogP contribution < -0.4 is 10.8 Å². The fourth-order valence-corrected chi connectivity index (χ4v) is 0.0645. The van der Waals surface area contributed by atoms with E-state index in [1.54, 1.807) is 0 Å². The third-order valence-electron chi connectivity index (χ3n) is 0.238. The topological polar surface area (TPSA) is 104 Å². The first-order valence-corrected chi connectivity index (χ1v) is 2.57. The fraction of sp³-hybridized carbons (Fsp3) is 0. The number of hydrogen-bond donors (Lipinski definition) is 3. The Bertz CT molecular complexity index is 81.7. The predicted octanol–water partition coefficient (Wildman–Crippen LogP) is -1.47. The van der Waals surface area contributed by atoms with Gasteiger partial charge in [0, 0.05) is 4.21 Å². The van der Waals surface area contributed by atoms with Crippen molar-refractivity contribution in [3.8, 4) is 0 Å². The second kappa shape index (κ2) is 2.31. The molecule has 0 rings (SSSR count). The van der Waals surface area contributed by atoms with Crippen LogP contribution in [0, 0.1) is 0 Å². The van der Waals surface area contributed by atoms with Crippen molar-refractivity contribution in [1.29, 1.82) is 0 Å². The van der Waals surface area contributed by atoms with Gasteiger partial charge in [0.15, 0.2) is 0 Å². The Kier molecular flexibility index (Phi) is 2.29. The van der Waals surface area contributed by atoms with Gasteiger partial charge in [-0.25, -0.2) is 0 Å². The van der Waals surface area contributed by atoms with Gasteiger partial charge in [-0.2, -0.15) is 5.90 Å². The SMILES string of the molecule is NO[S+]([O])(=O)NO. The van der Waals surface area contributed by atoms with Gasteiger partial charge in [0.1, 0.15) is 4.55 Å². The van der Waals surface area contributed by atoms with Gasteiger partial charge in [0.25, 0.3) is 0 Å². The molecule has 1 unspecified atom stereocenters. The minimum atomic E-state index is -4.07. The first-order valence-electron chi connectivity index (χ1n) is 1.16. The van der Waals surface area contributed by atoms with E-state index in [4.69, 9.17) is 5.21 Å². The summed E-state index contributed by atoms with van der Waals surface area (Å²) in [6.07, 6.45) is 0. The molecule has 0 saturated carbocycles. The van der Waals surface area contributed by atoms with Gasteiger partial charge in [-0.3, -0.25) is 5.21 Å². The van der Waals surface area contributed by atoms with Crippen LogP contribution in [0.25, 0.3) is 0 Å². The minimum Gasteiger partial charge on any atom is -0.271 e. The Labute approximate surface area is 40.8 Å². The monoisotopic (exact) mass is 128 g/mol. The van der Waals surface area contributed by atoms with Crippen LogP contribution in [0.5, 0.6) is 0 Å². The molecule has 0 aromatic carbocycles. The van der Waals surface area contributed by atoms with E-state index in [1.165, 1.54) is 0 Å². The predicted molar refractivity (Wildman–Crippen MR) is 18.9 cm³/mol. The Hall–Kier alpha value is -0.0500. The van der Waals surface area contributed by atoms with Crippen LogP contribution in [-0.2, 0) is 23.7 Å². The van der Waals surface area contributed by atoms with Crippen LogP contribution >= 0.6 is 0 Å². The third-order valence-corrected chi connectivity index (χ3v) is 0.715. The van der Waals surface area contributed by atoms with Crippen LogP contribution in [0.15, 0.2) is 0 Å². The van der Waals surface area contributed by atoms with Crippen molar-refractivity contribution in [1.82, 2.24) is 4.89 Å². The lowest BCUT2D eigenvalue weighted by Gasteiger charge is -1.85. The molecular formula is H4N2O4S+. The van der Waals surface area contributed by atoms with Crippen molar-refractivity contribution in [3.63, 3.8) is 0 Å². The summed E-state index contributed by atoms with van der Waals surface area (Å²) in [4.78, 5) is 0.816. The summed E-state index contributed by atoms with van der Waals surface area (Å²) in [5.74, 6) is 4.11. The van der Waals surface area contributed by atoms with Crippen LogP contribution in [0.1, 0.15) is 0 Å². The van der Waals surface area contributed by atoms with E-state index < -0.39 is 10.7 Å². The van der Waals surface area contributed by atoms with Crippen molar-refractivity contribution in [2.45, 2.75) is 0 Å². The summed E-state index contributed by atoms with van der Waals surface area (Å²) in [7, 11) is -4.07. The lowest BCUT2D eigenvalue weighted by molar-refractivity contribution is 0.166. The fourth-order valence-electron chi connectivity index (χ4n) is 0.0215. The molecule has 7 heavy (non-hydrogen) atoms. The normalized spacial score (nSPS) is 18.7. The molecule has 1 radical (unpaired) electrons. The molecule has 0 heterocycles. The summed E-state index contributed by atoms with van der Waals surface area (Å²) in [5, 5.41) is 7.55. The molecule has 1 atom stereocenters. The zero-order valence-corrected chi connectivity index (χ0v) is 3.97. The molecule has 43 valence electrons. The molecule has 0 amide bonds. The molecule has 0 aliphatic heterocycles. The number of hydrogen-bond acceptors (Lipinski definition) is 4. The van der Waals surface area contributed by atoms with Gasteiger partial charge in [-0.05, 0) is 4.28 Å². The molecule has 0 saturated heterocycles. The largest absolute Gasteiger partial charge is 0.517 e. The maximum absolute atomic E-state index is 9.66. The average molecular weight is 128 g/mol. The van der Waals surface area contributed by atoms with E-state index in [0.29, 0.717) is 0 Å². The second-order valence-electron chi connectivity index (χ2n) is 0.642. The summed E-state index contributed by atoms with van der Waals surface area (Å²) in [5.41, 5.74) is 0. The van der Waals surface area contributed by atoms with E-state index in [2.05, 4.69) is 10.2 Å². The molecule has 4 N–H and O–H groups in total. The number of nitrogens with two attached hydrogens (primary N) is 1. The standard InChI is InChI=1S/H4N2O4S/c1-6-7(4,5)2-3/h3H,1H2,(H,2,4)/q+1. The lowest BCUT2D eigenvalue weighted by atomic mass is 13.5. The zero-order chi connectivity index (χ0) is 5.91. The van der Waals surface area contributed by atoms with Crippen LogP contribution in [0.2, 0.25) is 0 Å². The highest BCUT2D eigenvalue weighted by Gasteiger charge is 2.28. The first-order chi connectivity index (χ1) is 3.12. The summed E-state index contributed by atoms with van der Waals surface area (Å²) in [6, 6.07) is 0. The molecule has 0 fully saturated rings. The van der Waals surface area contributed by atoms with E-state index in [0.717, 1.165) is 4.89 Å². The quantitative estimate of drug-likeness (QED) is 0.312. The Balaban J connectivity index is 3.61. The van der Waals surface area contributed by atoms with Gasteiger partial charge in [0.2, 0.25) is 0 Å². The Morgan fingerprint density at radius 3 is 2.29 bits per heavy atom. The summed E-state index contributed by atoms with van der Waals surface area (Å²) < 4.78 is 22.5. The maximum Gasteiger partial charge on any atom is 0.517 e. The molecule has 0 bridgehead atoms. The minimum absolute atomic E-state index is 0.816. The van der Waals surface area contributed by atoms with Gasteiger partial charge >= 0.3 is 10.7 Å². The van der Waals surface area contributed by atoms with E-state index in [9.17, 15) is 8.76 Å². The molecule has 0 aromatic heterocycles. The maximum atomic E-state index is 9.66. The molecule has 7 heteroatoms. The highest BCUT2D eigenvalue weighted by Crippen LogP contribution is 1.86. The van der Waals surface area contributed by atoms with Gasteiger partial charge < -0.3 is 0 Å². The van der Waals surface area contributed by atoms with Crippen molar-refractivity contribution < 1.29 is 18.3 Å². The van der Waals surface area contributed by atoms with Crippen LogP contribution in [-0.4, -0.2) is 5.21 Å². The van der Waals surface area contributed by atoms with E-state index >= 15 is 0 Å². The molecule has 0 aliphatic rings. The second-order valence-corrected chi connectivity index (χ2v) is 1.92. The van der Waals surface area contributed by atoms with Gasteiger partial charge in [-0.15, -0.1) is 0 Å². The summed E-state index contributed by atoms with van der Waals surface area (Å²) in [6.45, 7) is 0. The van der Waals surface area contributed by atoms with Gasteiger partial charge in [-0.1, -0.05) is 0 Å². The summed E-state index contributed by atoms with van der Waals surface area (Å²) >= 11 is 0. The molecular weight excluding hydrogens is 124 g/mol. The molecule has 0 aliphatic carbocycles. The van der Waals surface area contributed by atoms with Crippen molar-refractivity contribution in [3.05, 3.63) is 0 Å². The van der Waals surface area contributed by atoms with E-state index in [1.807, 2.05) is 0 Å². The van der Waals surface area contributed by atoms with Gasteiger partial charge in [0.05, 0.1) is 4.89 Å². The average Bonchev–Trinajstić information content (AvgIpc) is 1.68. The number of nitrogens with one attached hydrogen (secondary N) is 1. The lowest BCUT2D eigenvalue weighted by Crippen LogP contribution is -2.30. The van der Waals surface area contributed by atoms with Crippen molar-refractivity contribution in [2.24, 2.45) is 5.90 Å². The van der Waals surface area contributed by atoms with E-state index in [-0.39, 0.29) is 0 Å². The van der Waals surface area contributed by atoms with Crippen molar-refractivity contribution >= 4 is 10.7 Å². The van der Waals surface area contributed by atoms with Crippen LogP contribution in [0.4, 0.5) is 0 Å². The third kappa shape index (κ3) is 2.62.